The molecule has 0 aromatic heterocycles. The molecular weight excluding hydrogens is 230 g/mol. The van der Waals surface area contributed by atoms with Crippen molar-refractivity contribution in [2.24, 2.45) is 16.1 Å². The molecule has 2 rings (SSSR count). The van der Waals surface area contributed by atoms with Gasteiger partial charge in [0, 0.05) is 23.9 Å². The van der Waals surface area contributed by atoms with Gasteiger partial charge in [-0.1, -0.05) is 0 Å². The predicted octanol–water partition coefficient (Wildman–Crippen LogP) is 2.04. The van der Waals surface area contributed by atoms with Gasteiger partial charge in [-0.25, -0.2) is 0 Å². The number of benzene rings is 1. The van der Waals surface area contributed by atoms with Crippen LogP contribution in [0.2, 0.25) is 0 Å². The van der Waals surface area contributed by atoms with Crippen molar-refractivity contribution in [1.29, 1.82) is 0 Å². The van der Waals surface area contributed by atoms with Crippen LogP contribution in [0.25, 0.3) is 0 Å². The molecule has 1 aliphatic rings. The summed E-state index contributed by atoms with van der Waals surface area (Å²) in [6.07, 6.45) is 1.99. The largest absolute Gasteiger partial charge is 0.479 e. The van der Waals surface area contributed by atoms with E-state index >= 15 is 0 Å². The standard InChI is InChI=1S/C13H15N3O2/c1-14-16-13(18-2)10-5-7-11(8-6-10)15-12(17)9-3-4-9/h5-9H,1,3-4H2,2H3,(H,15,17)/b16-13-. The molecule has 0 heterocycles. The quantitative estimate of drug-likeness (QED) is 0.501. The lowest BCUT2D eigenvalue weighted by atomic mass is 10.2. The number of anilines is 1. The third kappa shape index (κ3) is 2.94. The Hall–Kier alpha value is -2.17. The number of nitrogens with one attached hydrogen (secondary N) is 1. The number of hydrogen-bond acceptors (Lipinski definition) is 4. The van der Waals surface area contributed by atoms with E-state index in [1.54, 1.807) is 0 Å². The highest BCUT2D eigenvalue weighted by atomic mass is 16.5. The fraction of sp³-hybridized carbons (Fsp3) is 0.308. The molecule has 1 aliphatic carbocycles. The third-order valence-corrected chi connectivity index (χ3v) is 2.70. The van der Waals surface area contributed by atoms with Gasteiger partial charge in [-0.05, 0) is 37.1 Å². The molecule has 0 radical (unpaired) electrons. The summed E-state index contributed by atoms with van der Waals surface area (Å²) in [6.45, 7) is 3.28. The Morgan fingerprint density at radius 1 is 1.39 bits per heavy atom. The highest BCUT2D eigenvalue weighted by molar-refractivity contribution is 5.96. The maximum atomic E-state index is 11.6. The van der Waals surface area contributed by atoms with Crippen molar-refractivity contribution in [2.75, 3.05) is 12.4 Å². The SMILES string of the molecule is C=N/N=C(\OC)c1ccc(NC(=O)C2CC2)cc1. The van der Waals surface area contributed by atoms with Crippen molar-refractivity contribution in [3.63, 3.8) is 0 Å². The molecule has 0 aliphatic heterocycles. The molecule has 0 atom stereocenters. The number of carbonyl (C=O) groups is 1. The first-order valence-electron chi connectivity index (χ1n) is 5.73. The van der Waals surface area contributed by atoms with E-state index in [-0.39, 0.29) is 11.8 Å². The molecule has 5 heteroatoms. The van der Waals surface area contributed by atoms with Crippen LogP contribution in [0.1, 0.15) is 18.4 Å². The first-order valence-corrected chi connectivity index (χ1v) is 5.73. The molecule has 18 heavy (non-hydrogen) atoms. The molecule has 1 aromatic rings. The summed E-state index contributed by atoms with van der Waals surface area (Å²) in [5, 5.41) is 10.1. The Morgan fingerprint density at radius 2 is 2.06 bits per heavy atom. The summed E-state index contributed by atoms with van der Waals surface area (Å²) >= 11 is 0. The van der Waals surface area contributed by atoms with Gasteiger partial charge in [0.2, 0.25) is 11.8 Å². The maximum absolute atomic E-state index is 11.6. The maximum Gasteiger partial charge on any atom is 0.240 e. The van der Waals surface area contributed by atoms with Crippen LogP contribution in [-0.4, -0.2) is 25.6 Å². The minimum atomic E-state index is 0.0936. The average Bonchev–Trinajstić information content (AvgIpc) is 3.21. The van der Waals surface area contributed by atoms with Crippen molar-refractivity contribution >= 4 is 24.2 Å². The van der Waals surface area contributed by atoms with Gasteiger partial charge in [0.15, 0.2) is 0 Å². The Morgan fingerprint density at radius 3 is 2.56 bits per heavy atom. The second-order valence-electron chi connectivity index (χ2n) is 4.09. The van der Waals surface area contributed by atoms with Crippen LogP contribution < -0.4 is 5.32 Å². The zero-order chi connectivity index (χ0) is 13.0. The molecule has 94 valence electrons. The van der Waals surface area contributed by atoms with E-state index in [1.807, 2.05) is 24.3 Å². The Kier molecular flexibility index (Phi) is 3.72. The van der Waals surface area contributed by atoms with E-state index in [4.69, 9.17) is 4.74 Å². The zero-order valence-corrected chi connectivity index (χ0v) is 10.2. The van der Waals surface area contributed by atoms with Crippen LogP contribution >= 0.6 is 0 Å². The van der Waals surface area contributed by atoms with Gasteiger partial charge in [-0.2, -0.15) is 5.10 Å². The van der Waals surface area contributed by atoms with Gasteiger partial charge >= 0.3 is 0 Å². The molecule has 1 saturated carbocycles. The fourth-order valence-corrected chi connectivity index (χ4v) is 1.57. The monoisotopic (exact) mass is 245 g/mol. The Bertz CT molecular complexity index is 476. The summed E-state index contributed by atoms with van der Waals surface area (Å²) in [5.74, 6) is 0.687. The van der Waals surface area contributed by atoms with Crippen LogP contribution in [0, 0.1) is 5.92 Å². The molecule has 1 amide bonds. The Labute approximate surface area is 106 Å². The second kappa shape index (κ2) is 5.44. The first kappa shape index (κ1) is 12.3. The van der Waals surface area contributed by atoms with Gasteiger partial charge in [-0.15, -0.1) is 5.10 Å². The number of rotatable bonds is 4. The minimum Gasteiger partial charge on any atom is -0.479 e. The molecule has 1 fully saturated rings. The lowest BCUT2D eigenvalue weighted by Gasteiger charge is -2.06. The summed E-state index contributed by atoms with van der Waals surface area (Å²) in [4.78, 5) is 11.6. The topological polar surface area (TPSA) is 63.1 Å². The predicted molar refractivity (Wildman–Crippen MR) is 70.9 cm³/mol. The van der Waals surface area contributed by atoms with Crippen LogP contribution in [-0.2, 0) is 9.53 Å². The second-order valence-corrected chi connectivity index (χ2v) is 4.09. The molecular formula is C13H15N3O2. The van der Waals surface area contributed by atoms with Crippen LogP contribution in [0.5, 0.6) is 0 Å². The molecule has 0 unspecified atom stereocenters. The van der Waals surface area contributed by atoms with Crippen molar-refractivity contribution < 1.29 is 9.53 Å². The molecule has 0 spiro atoms. The van der Waals surface area contributed by atoms with Crippen LogP contribution in [0.3, 0.4) is 0 Å². The van der Waals surface area contributed by atoms with E-state index in [0.29, 0.717) is 5.90 Å². The summed E-state index contributed by atoms with van der Waals surface area (Å²) in [5.41, 5.74) is 1.56. The van der Waals surface area contributed by atoms with Gasteiger partial charge in [-0.3, -0.25) is 4.79 Å². The molecule has 0 saturated heterocycles. The fourth-order valence-electron chi connectivity index (χ4n) is 1.57. The van der Waals surface area contributed by atoms with Crippen LogP contribution in [0.15, 0.2) is 34.5 Å². The smallest absolute Gasteiger partial charge is 0.240 e. The van der Waals surface area contributed by atoms with Gasteiger partial charge in [0.05, 0.1) is 7.11 Å². The van der Waals surface area contributed by atoms with Gasteiger partial charge < -0.3 is 10.1 Å². The molecule has 1 aromatic carbocycles. The third-order valence-electron chi connectivity index (χ3n) is 2.70. The summed E-state index contributed by atoms with van der Waals surface area (Å²) < 4.78 is 5.07. The number of methoxy groups -OCH3 is 1. The number of nitrogens with zero attached hydrogens (tertiary/aromatic N) is 2. The number of carbonyl (C=O) groups excluding carboxylic acids is 1. The lowest BCUT2D eigenvalue weighted by Crippen LogP contribution is -2.13. The van der Waals surface area contributed by atoms with Crippen molar-refractivity contribution in [3.05, 3.63) is 29.8 Å². The Balaban J connectivity index is 2.06. The van der Waals surface area contributed by atoms with E-state index in [2.05, 4.69) is 22.2 Å². The molecule has 5 nitrogen and oxygen atoms in total. The summed E-state index contributed by atoms with van der Waals surface area (Å²) in [7, 11) is 1.52. The molecule has 1 N–H and O–H groups in total. The first-order chi connectivity index (χ1) is 8.74. The van der Waals surface area contributed by atoms with Crippen molar-refractivity contribution in [3.8, 4) is 0 Å². The van der Waals surface area contributed by atoms with E-state index in [1.165, 1.54) is 7.11 Å². The average molecular weight is 245 g/mol. The number of amides is 1. The van der Waals surface area contributed by atoms with Crippen molar-refractivity contribution in [2.45, 2.75) is 12.8 Å². The minimum absolute atomic E-state index is 0.0936. The van der Waals surface area contributed by atoms with E-state index < -0.39 is 0 Å². The zero-order valence-electron chi connectivity index (χ0n) is 10.2. The van der Waals surface area contributed by atoms with E-state index in [0.717, 1.165) is 24.1 Å². The van der Waals surface area contributed by atoms with Gasteiger partial charge in [0.25, 0.3) is 0 Å². The van der Waals surface area contributed by atoms with E-state index in [9.17, 15) is 4.79 Å². The normalized spacial score (nSPS) is 15.1. The molecule has 0 bridgehead atoms. The lowest BCUT2D eigenvalue weighted by molar-refractivity contribution is -0.117. The van der Waals surface area contributed by atoms with Gasteiger partial charge in [0.1, 0.15) is 0 Å². The highest BCUT2D eigenvalue weighted by Crippen LogP contribution is 2.30. The summed E-state index contributed by atoms with van der Waals surface area (Å²) in [6, 6.07) is 7.26. The highest BCUT2D eigenvalue weighted by Gasteiger charge is 2.29. The van der Waals surface area contributed by atoms with Crippen LogP contribution in [0.4, 0.5) is 5.69 Å². The number of ether oxygens (including phenoxy) is 1. The van der Waals surface area contributed by atoms with Crippen molar-refractivity contribution in [1.82, 2.24) is 0 Å². The number of hydrogen-bond donors (Lipinski definition) is 1.